The molecule has 4 N–H and O–H groups in total. The number of hydrogen-bond acceptors (Lipinski definition) is 3. The average Bonchev–Trinajstić information content (AvgIpc) is 2.21. The molecule has 0 aromatic carbocycles. The molecule has 8 heteroatoms. The number of alkyl halides is 3. The minimum atomic E-state index is -4.23. The third-order valence-corrected chi connectivity index (χ3v) is 2.24. The summed E-state index contributed by atoms with van der Waals surface area (Å²) in [6.45, 7) is 2.70. The summed E-state index contributed by atoms with van der Waals surface area (Å²) in [5.74, 6) is -0.888. The molecule has 0 unspecified atom stereocenters. The maximum Gasteiger partial charge on any atom is 0.389 e. The molecule has 0 aliphatic heterocycles. The fourth-order valence-corrected chi connectivity index (χ4v) is 0.953. The standard InChI is InChI=1S/C9H16F3N3O2/c1-8(2,6(13)15-17)7(16)14-5-3-4-9(10,11)12/h17H,3-5H2,1-2H3,(H2,13,15)(H,14,16). The van der Waals surface area contributed by atoms with E-state index in [2.05, 4.69) is 10.5 Å². The minimum Gasteiger partial charge on any atom is -0.409 e. The zero-order valence-electron chi connectivity index (χ0n) is 9.64. The van der Waals surface area contributed by atoms with E-state index in [1.165, 1.54) is 13.8 Å². The van der Waals surface area contributed by atoms with Crippen molar-refractivity contribution in [2.24, 2.45) is 16.3 Å². The van der Waals surface area contributed by atoms with Gasteiger partial charge in [-0.05, 0) is 20.3 Å². The van der Waals surface area contributed by atoms with Crippen LogP contribution >= 0.6 is 0 Å². The van der Waals surface area contributed by atoms with E-state index in [4.69, 9.17) is 10.9 Å². The minimum absolute atomic E-state index is 0.111. The van der Waals surface area contributed by atoms with Crippen molar-refractivity contribution in [3.63, 3.8) is 0 Å². The van der Waals surface area contributed by atoms with Crippen LogP contribution in [0.5, 0.6) is 0 Å². The van der Waals surface area contributed by atoms with Crippen LogP contribution in [0.2, 0.25) is 0 Å². The van der Waals surface area contributed by atoms with Crippen molar-refractivity contribution in [1.82, 2.24) is 5.32 Å². The third-order valence-electron chi connectivity index (χ3n) is 2.24. The zero-order valence-corrected chi connectivity index (χ0v) is 9.64. The molecule has 0 bridgehead atoms. The number of nitrogens with zero attached hydrogens (tertiary/aromatic N) is 1. The number of nitrogens with one attached hydrogen (secondary N) is 1. The fourth-order valence-electron chi connectivity index (χ4n) is 0.953. The van der Waals surface area contributed by atoms with E-state index in [1.54, 1.807) is 0 Å². The molecule has 17 heavy (non-hydrogen) atoms. The number of amidine groups is 1. The number of hydrogen-bond donors (Lipinski definition) is 3. The van der Waals surface area contributed by atoms with Crippen LogP contribution < -0.4 is 11.1 Å². The second-order valence-electron chi connectivity index (χ2n) is 4.08. The maximum atomic E-state index is 11.8. The van der Waals surface area contributed by atoms with Crippen LogP contribution in [0.25, 0.3) is 0 Å². The van der Waals surface area contributed by atoms with Crippen molar-refractivity contribution in [3.8, 4) is 0 Å². The van der Waals surface area contributed by atoms with Gasteiger partial charge < -0.3 is 16.3 Å². The van der Waals surface area contributed by atoms with Crippen LogP contribution in [0.1, 0.15) is 26.7 Å². The molecule has 0 radical (unpaired) electrons. The molecule has 0 aromatic heterocycles. The molecular formula is C9H16F3N3O2. The largest absolute Gasteiger partial charge is 0.409 e. The Kier molecular flexibility index (Phi) is 5.24. The molecule has 0 spiro atoms. The molecule has 0 aromatic rings. The first-order valence-corrected chi connectivity index (χ1v) is 4.94. The highest BCUT2D eigenvalue weighted by molar-refractivity contribution is 6.05. The summed E-state index contributed by atoms with van der Waals surface area (Å²) in [4.78, 5) is 11.5. The van der Waals surface area contributed by atoms with Gasteiger partial charge in [0, 0.05) is 13.0 Å². The van der Waals surface area contributed by atoms with Crippen LogP contribution in [0.4, 0.5) is 13.2 Å². The molecule has 100 valence electrons. The van der Waals surface area contributed by atoms with E-state index in [1.807, 2.05) is 0 Å². The van der Waals surface area contributed by atoms with Crippen LogP contribution in [-0.4, -0.2) is 29.7 Å². The van der Waals surface area contributed by atoms with E-state index >= 15 is 0 Å². The smallest absolute Gasteiger partial charge is 0.389 e. The lowest BCUT2D eigenvalue weighted by Crippen LogP contribution is -2.46. The quantitative estimate of drug-likeness (QED) is 0.227. The number of carbonyl (C=O) groups is 1. The second-order valence-corrected chi connectivity index (χ2v) is 4.08. The monoisotopic (exact) mass is 255 g/mol. The third kappa shape index (κ3) is 5.41. The lowest BCUT2D eigenvalue weighted by molar-refractivity contribution is -0.136. The molecule has 0 aliphatic rings. The molecule has 0 fully saturated rings. The first-order valence-electron chi connectivity index (χ1n) is 4.94. The first-order chi connectivity index (χ1) is 7.61. The van der Waals surface area contributed by atoms with Gasteiger partial charge in [0.15, 0.2) is 5.84 Å². The Morgan fingerprint density at radius 2 is 1.94 bits per heavy atom. The number of carbonyl (C=O) groups excluding carboxylic acids is 1. The van der Waals surface area contributed by atoms with Gasteiger partial charge in [-0.25, -0.2) is 0 Å². The van der Waals surface area contributed by atoms with E-state index in [0.29, 0.717) is 0 Å². The van der Waals surface area contributed by atoms with Gasteiger partial charge in [-0.1, -0.05) is 5.16 Å². The number of halogens is 3. The molecule has 0 aliphatic carbocycles. The Balaban J connectivity index is 4.12. The Labute approximate surface area is 96.9 Å². The topological polar surface area (TPSA) is 87.7 Å². The van der Waals surface area contributed by atoms with Crippen molar-refractivity contribution in [2.75, 3.05) is 6.54 Å². The van der Waals surface area contributed by atoms with E-state index in [9.17, 15) is 18.0 Å². The second kappa shape index (κ2) is 5.74. The first kappa shape index (κ1) is 15.5. The Bertz CT molecular complexity index is 300. The number of amides is 1. The van der Waals surface area contributed by atoms with E-state index in [-0.39, 0.29) is 18.8 Å². The van der Waals surface area contributed by atoms with Crippen molar-refractivity contribution in [1.29, 1.82) is 0 Å². The highest BCUT2D eigenvalue weighted by atomic mass is 19.4. The molecule has 0 atom stereocenters. The summed E-state index contributed by atoms with van der Waals surface area (Å²) in [7, 11) is 0. The van der Waals surface area contributed by atoms with Crippen LogP contribution in [0.15, 0.2) is 5.16 Å². The lowest BCUT2D eigenvalue weighted by atomic mass is 9.91. The van der Waals surface area contributed by atoms with Crippen LogP contribution in [0.3, 0.4) is 0 Å². The molecule has 0 saturated heterocycles. The molecule has 0 heterocycles. The van der Waals surface area contributed by atoms with Gasteiger partial charge in [-0.15, -0.1) is 0 Å². The summed E-state index contributed by atoms with van der Waals surface area (Å²) >= 11 is 0. The van der Waals surface area contributed by atoms with Crippen LogP contribution in [0, 0.1) is 5.41 Å². The predicted molar refractivity (Wildman–Crippen MR) is 55.5 cm³/mol. The molecule has 5 nitrogen and oxygen atoms in total. The SMILES string of the molecule is CC(C)(C(=O)NCCCC(F)(F)F)C(N)=NO. The number of rotatable bonds is 5. The summed E-state index contributed by atoms with van der Waals surface area (Å²) in [6.07, 6.45) is -5.40. The Hall–Kier alpha value is -1.47. The average molecular weight is 255 g/mol. The van der Waals surface area contributed by atoms with Gasteiger partial charge in [0.1, 0.15) is 5.41 Å². The Morgan fingerprint density at radius 3 is 2.35 bits per heavy atom. The van der Waals surface area contributed by atoms with Crippen molar-refractivity contribution < 1.29 is 23.2 Å². The number of oxime groups is 1. The van der Waals surface area contributed by atoms with Crippen molar-refractivity contribution >= 4 is 11.7 Å². The summed E-state index contributed by atoms with van der Waals surface area (Å²) in [6, 6.07) is 0. The van der Waals surface area contributed by atoms with Crippen molar-refractivity contribution in [3.05, 3.63) is 0 Å². The van der Waals surface area contributed by atoms with Crippen molar-refractivity contribution in [2.45, 2.75) is 32.9 Å². The van der Waals surface area contributed by atoms with Gasteiger partial charge in [0.25, 0.3) is 0 Å². The summed E-state index contributed by atoms with van der Waals surface area (Å²) in [5.41, 5.74) is 4.03. The Morgan fingerprint density at radius 1 is 1.41 bits per heavy atom. The zero-order chi connectivity index (χ0) is 13.7. The summed E-state index contributed by atoms with van der Waals surface area (Å²) in [5, 5.41) is 13.4. The van der Waals surface area contributed by atoms with Crippen LogP contribution in [-0.2, 0) is 4.79 Å². The van der Waals surface area contributed by atoms with E-state index < -0.39 is 23.9 Å². The molecule has 0 saturated carbocycles. The molecule has 0 rings (SSSR count). The maximum absolute atomic E-state index is 11.8. The molecular weight excluding hydrogens is 239 g/mol. The highest BCUT2D eigenvalue weighted by Gasteiger charge is 2.33. The predicted octanol–water partition coefficient (Wildman–Crippen LogP) is 1.22. The van der Waals surface area contributed by atoms with Gasteiger partial charge in [0.05, 0.1) is 0 Å². The van der Waals surface area contributed by atoms with E-state index in [0.717, 1.165) is 0 Å². The number of nitrogens with two attached hydrogens (primary N) is 1. The van der Waals surface area contributed by atoms with Gasteiger partial charge in [-0.3, -0.25) is 4.79 Å². The van der Waals surface area contributed by atoms with Gasteiger partial charge >= 0.3 is 6.18 Å². The van der Waals surface area contributed by atoms with Gasteiger partial charge in [0.2, 0.25) is 5.91 Å². The normalized spacial score (nSPS) is 13.6. The van der Waals surface area contributed by atoms with Gasteiger partial charge in [-0.2, -0.15) is 13.2 Å². The highest BCUT2D eigenvalue weighted by Crippen LogP contribution is 2.21. The lowest BCUT2D eigenvalue weighted by Gasteiger charge is -2.21. The summed E-state index contributed by atoms with van der Waals surface area (Å²) < 4.78 is 35.4. The molecule has 1 amide bonds. The fraction of sp³-hybridized carbons (Fsp3) is 0.778.